The Morgan fingerprint density at radius 3 is 2.30 bits per heavy atom. The lowest BCUT2D eigenvalue weighted by Crippen LogP contribution is -1.95. The smallest absolute Gasteiger partial charge is 0.0835 e. The molecule has 0 heterocycles. The normalized spacial score (nSPS) is 12.4. The average Bonchev–Trinajstić information content (AvgIpc) is 2.48. The number of halogens is 2. The molecule has 0 aliphatic rings. The molecule has 0 spiro atoms. The number of benzene rings is 2. The molecule has 2 aromatic carbocycles. The minimum Gasteiger partial charge on any atom is -0.113 e. The summed E-state index contributed by atoms with van der Waals surface area (Å²) in [7, 11) is 0. The molecule has 2 aromatic rings. The summed E-state index contributed by atoms with van der Waals surface area (Å²) in [5, 5.41) is -0.0906. The number of hydrogen-bond acceptors (Lipinski definition) is 0. The fourth-order valence-corrected chi connectivity index (χ4v) is 2.87. The van der Waals surface area contributed by atoms with E-state index >= 15 is 0 Å². The monoisotopic (exact) mass is 350 g/mol. The minimum absolute atomic E-state index is 0.0906. The van der Waals surface area contributed by atoms with Crippen LogP contribution in [0, 0.1) is 6.92 Å². The molecule has 0 radical (unpaired) electrons. The maximum Gasteiger partial charge on any atom is 0.0835 e. The van der Waals surface area contributed by atoms with E-state index in [2.05, 4.69) is 72.2 Å². The molecule has 2 rings (SSSR count). The van der Waals surface area contributed by atoms with Gasteiger partial charge in [0.15, 0.2) is 0 Å². The van der Waals surface area contributed by atoms with Crippen molar-refractivity contribution in [3.8, 4) is 0 Å². The Labute approximate surface area is 135 Å². The maximum absolute atomic E-state index is 6.59. The van der Waals surface area contributed by atoms with E-state index < -0.39 is 0 Å². The first-order valence-corrected chi connectivity index (χ1v) is 8.33. The Kier molecular flexibility index (Phi) is 5.68. The lowest BCUT2D eigenvalue weighted by molar-refractivity contribution is 0.794. The predicted octanol–water partition coefficient (Wildman–Crippen LogP) is 6.43. The summed E-state index contributed by atoms with van der Waals surface area (Å²) >= 11 is 10.2. The molecule has 0 aliphatic carbocycles. The van der Waals surface area contributed by atoms with Crippen LogP contribution in [-0.4, -0.2) is 0 Å². The van der Waals surface area contributed by atoms with E-state index in [0.717, 1.165) is 22.0 Å². The zero-order chi connectivity index (χ0) is 14.5. The van der Waals surface area contributed by atoms with Crippen LogP contribution in [0.2, 0.25) is 0 Å². The van der Waals surface area contributed by atoms with Crippen molar-refractivity contribution in [1.29, 1.82) is 0 Å². The quantitative estimate of drug-likeness (QED) is 0.545. The summed E-state index contributed by atoms with van der Waals surface area (Å²) in [5.41, 5.74) is 4.91. The molecule has 1 atom stereocenters. The molecule has 0 amide bonds. The van der Waals surface area contributed by atoms with Crippen molar-refractivity contribution in [3.05, 3.63) is 69.2 Å². The van der Waals surface area contributed by atoms with Gasteiger partial charge in [-0.25, -0.2) is 0 Å². The predicted molar refractivity (Wildman–Crippen MR) is 91.6 cm³/mol. The summed E-state index contributed by atoms with van der Waals surface area (Å²) in [6.07, 6.45) is 3.63. The largest absolute Gasteiger partial charge is 0.113 e. The molecule has 2 heteroatoms. The van der Waals surface area contributed by atoms with Crippen LogP contribution in [0.5, 0.6) is 0 Å². The molecule has 20 heavy (non-hydrogen) atoms. The molecule has 0 aromatic heterocycles. The Bertz CT molecular complexity index is 560. The minimum atomic E-state index is -0.0906. The SMILES string of the molecule is CCCCc1ccc(C(Cl)c2ccc(C)c(Br)c2)cc1. The summed E-state index contributed by atoms with van der Waals surface area (Å²) in [4.78, 5) is 0. The van der Waals surface area contributed by atoms with Gasteiger partial charge in [0.1, 0.15) is 0 Å². The van der Waals surface area contributed by atoms with Crippen molar-refractivity contribution < 1.29 is 0 Å². The van der Waals surface area contributed by atoms with Crippen molar-refractivity contribution in [2.75, 3.05) is 0 Å². The first-order chi connectivity index (χ1) is 9.61. The van der Waals surface area contributed by atoms with Crippen molar-refractivity contribution in [2.45, 2.75) is 38.5 Å². The first kappa shape index (κ1) is 15.6. The summed E-state index contributed by atoms with van der Waals surface area (Å²) in [5.74, 6) is 0. The Hall–Kier alpha value is -0.790. The topological polar surface area (TPSA) is 0 Å². The van der Waals surface area contributed by atoms with Crippen LogP contribution >= 0.6 is 27.5 Å². The second kappa shape index (κ2) is 7.28. The van der Waals surface area contributed by atoms with Gasteiger partial charge in [-0.3, -0.25) is 0 Å². The van der Waals surface area contributed by atoms with Gasteiger partial charge in [-0.1, -0.05) is 65.7 Å². The third kappa shape index (κ3) is 3.86. The highest BCUT2D eigenvalue weighted by atomic mass is 79.9. The maximum atomic E-state index is 6.59. The number of alkyl halides is 1. The average molecular weight is 352 g/mol. The molecule has 106 valence electrons. The van der Waals surface area contributed by atoms with Gasteiger partial charge in [0.25, 0.3) is 0 Å². The van der Waals surface area contributed by atoms with Crippen molar-refractivity contribution >= 4 is 27.5 Å². The van der Waals surface area contributed by atoms with Crippen LogP contribution in [0.1, 0.15) is 47.4 Å². The zero-order valence-corrected chi connectivity index (χ0v) is 14.3. The van der Waals surface area contributed by atoms with Crippen LogP contribution in [0.4, 0.5) is 0 Å². The summed E-state index contributed by atoms with van der Waals surface area (Å²) in [6.45, 7) is 4.30. The van der Waals surface area contributed by atoms with Crippen LogP contribution in [0.3, 0.4) is 0 Å². The van der Waals surface area contributed by atoms with Crippen LogP contribution in [0.25, 0.3) is 0 Å². The molecule has 0 saturated carbocycles. The van der Waals surface area contributed by atoms with E-state index in [0.29, 0.717) is 0 Å². The van der Waals surface area contributed by atoms with E-state index in [9.17, 15) is 0 Å². The van der Waals surface area contributed by atoms with E-state index in [4.69, 9.17) is 11.6 Å². The van der Waals surface area contributed by atoms with Gasteiger partial charge in [-0.05, 0) is 48.1 Å². The van der Waals surface area contributed by atoms with Crippen LogP contribution in [0.15, 0.2) is 46.9 Å². The van der Waals surface area contributed by atoms with Crippen molar-refractivity contribution in [2.24, 2.45) is 0 Å². The number of aryl methyl sites for hydroxylation is 2. The van der Waals surface area contributed by atoms with Gasteiger partial charge >= 0.3 is 0 Å². The van der Waals surface area contributed by atoms with Gasteiger partial charge in [0.05, 0.1) is 5.38 Å². The zero-order valence-electron chi connectivity index (χ0n) is 12.0. The second-order valence-electron chi connectivity index (χ2n) is 5.22. The molecular weight excluding hydrogens is 332 g/mol. The Morgan fingerprint density at radius 2 is 1.70 bits per heavy atom. The molecule has 1 unspecified atom stereocenters. The van der Waals surface area contributed by atoms with Gasteiger partial charge in [0.2, 0.25) is 0 Å². The third-order valence-corrected chi connectivity index (χ3v) is 4.94. The van der Waals surface area contributed by atoms with Crippen LogP contribution < -0.4 is 0 Å². The third-order valence-electron chi connectivity index (χ3n) is 3.58. The van der Waals surface area contributed by atoms with Gasteiger partial charge in [-0.2, -0.15) is 0 Å². The molecule has 0 bridgehead atoms. The molecule has 0 fully saturated rings. The molecule has 0 nitrogen and oxygen atoms in total. The molecular formula is C18H20BrCl. The van der Waals surface area contributed by atoms with Gasteiger partial charge in [0, 0.05) is 4.47 Å². The van der Waals surface area contributed by atoms with E-state index in [1.807, 2.05) is 0 Å². The van der Waals surface area contributed by atoms with E-state index in [1.165, 1.54) is 24.0 Å². The van der Waals surface area contributed by atoms with Crippen molar-refractivity contribution in [3.63, 3.8) is 0 Å². The Morgan fingerprint density at radius 1 is 1.05 bits per heavy atom. The first-order valence-electron chi connectivity index (χ1n) is 7.10. The van der Waals surface area contributed by atoms with Gasteiger partial charge < -0.3 is 0 Å². The van der Waals surface area contributed by atoms with Crippen LogP contribution in [-0.2, 0) is 6.42 Å². The lowest BCUT2D eigenvalue weighted by Gasteiger charge is -2.12. The van der Waals surface area contributed by atoms with Crippen molar-refractivity contribution in [1.82, 2.24) is 0 Å². The highest BCUT2D eigenvalue weighted by Gasteiger charge is 2.11. The van der Waals surface area contributed by atoms with E-state index in [-0.39, 0.29) is 5.38 Å². The molecule has 0 aliphatic heterocycles. The molecule has 0 N–H and O–H groups in total. The summed E-state index contributed by atoms with van der Waals surface area (Å²) < 4.78 is 1.11. The molecule has 0 saturated heterocycles. The highest BCUT2D eigenvalue weighted by molar-refractivity contribution is 9.10. The second-order valence-corrected chi connectivity index (χ2v) is 6.51. The standard InChI is InChI=1S/C18H20BrCl/c1-3-4-5-14-7-10-15(11-8-14)18(20)16-9-6-13(2)17(19)12-16/h6-12,18H,3-5H2,1-2H3. The fraction of sp³-hybridized carbons (Fsp3) is 0.333. The Balaban J connectivity index is 2.15. The summed E-state index contributed by atoms with van der Waals surface area (Å²) in [6, 6.07) is 15.0. The number of unbranched alkanes of at least 4 members (excludes halogenated alkanes) is 1. The lowest BCUT2D eigenvalue weighted by atomic mass is 10.0. The van der Waals surface area contributed by atoms with Gasteiger partial charge in [-0.15, -0.1) is 11.6 Å². The van der Waals surface area contributed by atoms with E-state index in [1.54, 1.807) is 0 Å². The number of rotatable bonds is 5. The highest BCUT2D eigenvalue weighted by Crippen LogP contribution is 2.31. The fourth-order valence-electron chi connectivity index (χ4n) is 2.19. The number of hydrogen-bond donors (Lipinski definition) is 0.